The Morgan fingerprint density at radius 3 is 2.38 bits per heavy atom. The average molecular weight is 488 g/mol. The summed E-state index contributed by atoms with van der Waals surface area (Å²) >= 11 is -2.26. The molecule has 0 spiro atoms. The monoisotopic (exact) mass is 487 g/mol. The summed E-state index contributed by atoms with van der Waals surface area (Å²) in [5, 5.41) is 4.69. The van der Waals surface area contributed by atoms with Crippen molar-refractivity contribution in [2.24, 2.45) is 0 Å². The highest BCUT2D eigenvalue weighted by Gasteiger charge is 2.31. The Hall–Kier alpha value is -2.65. The molecule has 1 atom stereocenters. The van der Waals surface area contributed by atoms with Crippen molar-refractivity contribution in [1.29, 1.82) is 0 Å². The van der Waals surface area contributed by atoms with Crippen LogP contribution in [0.5, 0.6) is 0 Å². The van der Waals surface area contributed by atoms with Crippen molar-refractivity contribution >= 4 is 39.7 Å². The summed E-state index contributed by atoms with van der Waals surface area (Å²) in [6, 6.07) is 11.0. The first-order valence-electron chi connectivity index (χ1n) is 12.1. The normalized spacial score (nSPS) is 18.5. The predicted octanol–water partition coefficient (Wildman–Crippen LogP) is 4.47. The molecule has 2 amide bonds. The number of ether oxygens (including phenoxy) is 1. The molecule has 1 unspecified atom stereocenters. The number of nitrogens with one attached hydrogen (secondary N) is 1. The van der Waals surface area contributed by atoms with Gasteiger partial charge in [-0.25, -0.2) is 9.00 Å². The van der Waals surface area contributed by atoms with Crippen LogP contribution in [-0.2, 0) is 16.0 Å². The third-order valence-corrected chi connectivity index (χ3v) is 7.65. The van der Waals surface area contributed by atoms with Gasteiger partial charge >= 0.3 is 6.09 Å². The Labute approximate surface area is 203 Å². The van der Waals surface area contributed by atoms with Crippen LogP contribution < -0.4 is 9.62 Å². The smallest absolute Gasteiger partial charge is 0.409 e. The summed E-state index contributed by atoms with van der Waals surface area (Å²) in [7, 11) is 0. The first kappa shape index (κ1) is 24.5. The number of amides is 2. The molecule has 1 heterocycles. The van der Waals surface area contributed by atoms with Crippen LogP contribution in [0.1, 0.15) is 62.2 Å². The molecule has 0 radical (unpaired) electrons. The molecule has 184 valence electrons. The van der Waals surface area contributed by atoms with Crippen molar-refractivity contribution < 1.29 is 23.1 Å². The Balaban J connectivity index is 1.59. The molecule has 1 saturated carbocycles. The molecular weight excluding hydrogens is 454 g/mol. The van der Waals surface area contributed by atoms with Crippen LogP contribution in [0.15, 0.2) is 36.4 Å². The SMILES string of the molecule is CCOC(=O)N1CCC(N(c2ccc(C(=O)NC3CCCCC3)c3ccccc23)S(=O)O)CC1. The summed E-state index contributed by atoms with van der Waals surface area (Å²) in [4.78, 5) is 26.8. The minimum atomic E-state index is -2.26. The number of carbonyl (C=O) groups is 2. The van der Waals surface area contributed by atoms with Crippen LogP contribution in [0.2, 0.25) is 0 Å². The van der Waals surface area contributed by atoms with Crippen LogP contribution >= 0.6 is 0 Å². The average Bonchev–Trinajstić information content (AvgIpc) is 2.85. The van der Waals surface area contributed by atoms with Gasteiger partial charge in [0.2, 0.25) is 0 Å². The lowest BCUT2D eigenvalue weighted by Crippen LogP contribution is -2.47. The number of fused-ring (bicyclic) bond motifs is 1. The van der Waals surface area contributed by atoms with Crippen molar-refractivity contribution in [2.75, 3.05) is 24.0 Å². The lowest BCUT2D eigenvalue weighted by molar-refractivity contribution is 0.0928. The van der Waals surface area contributed by atoms with Gasteiger partial charge in [0.1, 0.15) is 0 Å². The molecule has 0 aromatic heterocycles. The van der Waals surface area contributed by atoms with Gasteiger partial charge < -0.3 is 15.0 Å². The number of benzene rings is 2. The van der Waals surface area contributed by atoms with E-state index in [1.54, 1.807) is 24.0 Å². The lowest BCUT2D eigenvalue weighted by atomic mass is 9.94. The number of likely N-dealkylation sites (tertiary alicyclic amines) is 1. The van der Waals surface area contributed by atoms with E-state index < -0.39 is 11.3 Å². The molecule has 2 aliphatic rings. The molecule has 8 nitrogen and oxygen atoms in total. The van der Waals surface area contributed by atoms with Crippen LogP contribution in [0, 0.1) is 0 Å². The van der Waals surface area contributed by atoms with E-state index in [-0.39, 0.29) is 24.1 Å². The van der Waals surface area contributed by atoms with E-state index >= 15 is 0 Å². The molecule has 0 bridgehead atoms. The van der Waals surface area contributed by atoms with Crippen LogP contribution in [-0.4, -0.2) is 57.4 Å². The van der Waals surface area contributed by atoms with Crippen molar-refractivity contribution in [2.45, 2.75) is 64.0 Å². The molecule has 1 saturated heterocycles. The Bertz CT molecular complexity index is 1050. The molecule has 2 aromatic carbocycles. The zero-order valence-corrected chi connectivity index (χ0v) is 20.4. The summed E-state index contributed by atoms with van der Waals surface area (Å²) in [5.74, 6) is -0.103. The molecular formula is C25H33N3O5S. The van der Waals surface area contributed by atoms with Gasteiger partial charge in [0, 0.05) is 36.1 Å². The van der Waals surface area contributed by atoms with E-state index in [9.17, 15) is 18.4 Å². The second kappa shape index (κ2) is 11.2. The lowest BCUT2D eigenvalue weighted by Gasteiger charge is -2.37. The van der Waals surface area contributed by atoms with E-state index in [1.807, 2.05) is 24.3 Å². The summed E-state index contributed by atoms with van der Waals surface area (Å²) in [5.41, 5.74) is 1.19. The number of piperidine rings is 1. The largest absolute Gasteiger partial charge is 0.450 e. The van der Waals surface area contributed by atoms with Crippen LogP contribution in [0.25, 0.3) is 10.8 Å². The Morgan fingerprint density at radius 1 is 1.06 bits per heavy atom. The molecule has 1 aliphatic carbocycles. The quantitative estimate of drug-likeness (QED) is 0.586. The minimum absolute atomic E-state index is 0.103. The predicted molar refractivity (Wildman–Crippen MR) is 133 cm³/mol. The van der Waals surface area contributed by atoms with E-state index in [0.29, 0.717) is 43.8 Å². The Morgan fingerprint density at radius 2 is 1.74 bits per heavy atom. The van der Waals surface area contributed by atoms with Crippen molar-refractivity contribution in [3.63, 3.8) is 0 Å². The van der Waals surface area contributed by atoms with Crippen molar-refractivity contribution in [3.05, 3.63) is 42.0 Å². The maximum Gasteiger partial charge on any atom is 0.409 e. The van der Waals surface area contributed by atoms with Gasteiger partial charge in [-0.1, -0.05) is 43.5 Å². The highest BCUT2D eigenvalue weighted by Crippen LogP contribution is 2.34. The molecule has 2 aromatic rings. The molecule has 9 heteroatoms. The van der Waals surface area contributed by atoms with Gasteiger partial charge in [-0.15, -0.1) is 0 Å². The second-order valence-electron chi connectivity index (χ2n) is 8.96. The fourth-order valence-corrected chi connectivity index (χ4v) is 5.88. The zero-order valence-electron chi connectivity index (χ0n) is 19.6. The van der Waals surface area contributed by atoms with Gasteiger partial charge in [0.25, 0.3) is 17.2 Å². The molecule has 34 heavy (non-hydrogen) atoms. The van der Waals surface area contributed by atoms with Crippen molar-refractivity contribution in [1.82, 2.24) is 10.2 Å². The summed E-state index contributed by atoms with van der Waals surface area (Å²) in [6.07, 6.45) is 6.24. The zero-order chi connectivity index (χ0) is 24.1. The molecule has 2 N–H and O–H groups in total. The second-order valence-corrected chi connectivity index (χ2v) is 9.81. The van der Waals surface area contributed by atoms with E-state index in [0.717, 1.165) is 36.5 Å². The summed E-state index contributed by atoms with van der Waals surface area (Å²) in [6.45, 7) is 3.00. The van der Waals surface area contributed by atoms with Crippen molar-refractivity contribution in [3.8, 4) is 0 Å². The number of nitrogens with zero attached hydrogens (tertiary/aromatic N) is 2. The highest BCUT2D eigenvalue weighted by molar-refractivity contribution is 7.80. The van der Waals surface area contributed by atoms with Crippen LogP contribution in [0.4, 0.5) is 10.5 Å². The maximum absolute atomic E-state index is 13.1. The molecule has 4 rings (SSSR count). The van der Waals surface area contributed by atoms with E-state index in [1.165, 1.54) is 10.7 Å². The topological polar surface area (TPSA) is 99.2 Å². The van der Waals surface area contributed by atoms with Crippen LogP contribution in [0.3, 0.4) is 0 Å². The van der Waals surface area contributed by atoms with E-state index in [2.05, 4.69) is 5.32 Å². The van der Waals surface area contributed by atoms with Gasteiger partial charge in [0.15, 0.2) is 0 Å². The molecule has 2 fully saturated rings. The first-order valence-corrected chi connectivity index (χ1v) is 13.2. The molecule has 1 aliphatic heterocycles. The fraction of sp³-hybridized carbons (Fsp3) is 0.520. The fourth-order valence-electron chi connectivity index (χ4n) is 5.09. The third kappa shape index (κ3) is 5.36. The maximum atomic E-state index is 13.1. The number of hydrogen-bond donors (Lipinski definition) is 2. The third-order valence-electron chi connectivity index (χ3n) is 6.81. The van der Waals surface area contributed by atoms with Gasteiger partial charge in [-0.05, 0) is 50.1 Å². The highest BCUT2D eigenvalue weighted by atomic mass is 32.2. The standard InChI is InChI=1S/C25H33N3O5S/c1-2-33-25(30)27-16-14-19(15-17-27)28(34(31)32)23-13-12-22(20-10-6-7-11-21(20)23)24(29)26-18-8-4-3-5-9-18/h6-7,10-13,18-19H,2-5,8-9,14-17H2,1H3,(H,26,29)(H,31,32). The minimum Gasteiger partial charge on any atom is -0.450 e. The number of rotatable bonds is 6. The Kier molecular flexibility index (Phi) is 8.05. The van der Waals surface area contributed by atoms with E-state index in [4.69, 9.17) is 4.74 Å². The van der Waals surface area contributed by atoms with Gasteiger partial charge in [-0.3, -0.25) is 13.7 Å². The number of hydrogen-bond acceptors (Lipinski definition) is 4. The summed E-state index contributed by atoms with van der Waals surface area (Å²) < 4.78 is 29.3. The first-order chi connectivity index (χ1) is 16.5. The number of anilines is 1. The van der Waals surface area contributed by atoms with Gasteiger partial charge in [-0.2, -0.15) is 0 Å². The van der Waals surface area contributed by atoms with Gasteiger partial charge in [0.05, 0.1) is 12.3 Å². The number of carbonyl (C=O) groups excluding carboxylic acids is 2.